The molecule has 0 radical (unpaired) electrons. The molecule has 0 heterocycles. The summed E-state index contributed by atoms with van der Waals surface area (Å²) in [7, 11) is 0. The summed E-state index contributed by atoms with van der Waals surface area (Å²) in [5, 5.41) is 12.3. The van der Waals surface area contributed by atoms with Gasteiger partial charge in [0, 0.05) is 19.7 Å². The molecule has 7 heteroatoms. The quantitative estimate of drug-likeness (QED) is 0.471. The first-order chi connectivity index (χ1) is 8.66. The normalized spacial score (nSPS) is 13.2. The van der Waals surface area contributed by atoms with Gasteiger partial charge in [0.2, 0.25) is 0 Å². The zero-order valence-corrected chi connectivity index (χ0v) is 10.7. The summed E-state index contributed by atoms with van der Waals surface area (Å²) in [5.41, 5.74) is 0. The van der Waals surface area contributed by atoms with Crippen molar-refractivity contribution in [3.8, 4) is 0 Å². The monoisotopic (exact) mass is 271 g/mol. The van der Waals surface area contributed by atoms with E-state index in [0.717, 1.165) is 0 Å². The molecule has 0 bridgehead atoms. The van der Waals surface area contributed by atoms with Crippen molar-refractivity contribution in [1.29, 1.82) is 0 Å². The number of aliphatic hydroxyl groups is 1. The molecule has 0 spiro atoms. The molecule has 2 N–H and O–H groups in total. The molecule has 0 saturated heterocycles. The third kappa shape index (κ3) is 13.7. The van der Waals surface area contributed by atoms with Crippen molar-refractivity contribution in [2.75, 3.05) is 52.7 Å². The summed E-state index contributed by atoms with van der Waals surface area (Å²) in [6, 6.07) is 0. The predicted molar refractivity (Wildman–Crippen MR) is 63.0 cm³/mol. The number of rotatable bonds is 13. The van der Waals surface area contributed by atoms with E-state index in [1.807, 2.05) is 6.92 Å². The summed E-state index contributed by atoms with van der Waals surface area (Å²) >= 11 is 0. The van der Waals surface area contributed by atoms with E-state index in [4.69, 9.17) is 9.47 Å². The molecule has 110 valence electrons. The van der Waals surface area contributed by atoms with Crippen molar-refractivity contribution in [3.05, 3.63) is 0 Å². The first kappa shape index (κ1) is 17.7. The highest BCUT2D eigenvalue weighted by molar-refractivity contribution is 4.58. The van der Waals surface area contributed by atoms with Gasteiger partial charge in [-0.25, -0.2) is 8.78 Å². The molecule has 0 aliphatic heterocycles. The Morgan fingerprint density at radius 2 is 1.72 bits per heavy atom. The van der Waals surface area contributed by atoms with Crippen LogP contribution >= 0.6 is 0 Å². The fraction of sp³-hybridized carbons (Fsp3) is 1.00. The summed E-state index contributed by atoms with van der Waals surface area (Å²) in [6.07, 6.45) is -3.06. The van der Waals surface area contributed by atoms with Crippen LogP contribution in [0, 0.1) is 0 Å². The van der Waals surface area contributed by atoms with Gasteiger partial charge in [-0.2, -0.15) is 0 Å². The van der Waals surface area contributed by atoms with Gasteiger partial charge in [0.15, 0.2) is 0 Å². The van der Waals surface area contributed by atoms with Gasteiger partial charge < -0.3 is 24.6 Å². The number of aliphatic hydroxyl groups excluding tert-OH is 1. The molecule has 0 fully saturated rings. The van der Waals surface area contributed by atoms with Crippen LogP contribution in [0.15, 0.2) is 0 Å². The van der Waals surface area contributed by atoms with E-state index in [2.05, 4.69) is 10.1 Å². The summed E-state index contributed by atoms with van der Waals surface area (Å²) in [5.74, 6) is 0. The van der Waals surface area contributed by atoms with Gasteiger partial charge in [-0.15, -0.1) is 0 Å². The summed E-state index contributed by atoms with van der Waals surface area (Å²) in [6.45, 7) is 4.13. The van der Waals surface area contributed by atoms with E-state index in [1.54, 1.807) is 0 Å². The molecule has 1 unspecified atom stereocenters. The number of alkyl halides is 2. The van der Waals surface area contributed by atoms with Gasteiger partial charge in [-0.3, -0.25) is 0 Å². The fourth-order valence-corrected chi connectivity index (χ4v) is 1.13. The molecule has 1 atom stereocenters. The Bertz CT molecular complexity index is 175. The second-order valence-corrected chi connectivity index (χ2v) is 3.60. The molecule has 0 aromatic heterocycles. The standard InChI is InChI=1S/C11H23F2NO4/c1-2-16-5-6-18-8-10(15)7-14-3-4-17-9-11(12)13/h10-11,14-15H,2-9H2,1H3. The van der Waals surface area contributed by atoms with Gasteiger partial charge in [0.25, 0.3) is 6.43 Å². The van der Waals surface area contributed by atoms with E-state index in [9.17, 15) is 13.9 Å². The van der Waals surface area contributed by atoms with Gasteiger partial charge in [-0.1, -0.05) is 0 Å². The van der Waals surface area contributed by atoms with Crippen molar-refractivity contribution in [2.45, 2.75) is 19.5 Å². The van der Waals surface area contributed by atoms with Crippen LogP contribution in [0.4, 0.5) is 8.78 Å². The Morgan fingerprint density at radius 3 is 2.39 bits per heavy atom. The highest BCUT2D eigenvalue weighted by Gasteiger charge is 2.04. The second kappa shape index (κ2) is 13.1. The van der Waals surface area contributed by atoms with Crippen LogP contribution in [0.1, 0.15) is 6.92 Å². The maximum absolute atomic E-state index is 11.7. The minimum Gasteiger partial charge on any atom is -0.389 e. The van der Waals surface area contributed by atoms with Crippen molar-refractivity contribution in [3.63, 3.8) is 0 Å². The van der Waals surface area contributed by atoms with Gasteiger partial charge in [0.05, 0.1) is 32.5 Å². The highest BCUT2D eigenvalue weighted by Crippen LogP contribution is 1.91. The largest absolute Gasteiger partial charge is 0.389 e. The minimum atomic E-state index is -2.44. The average molecular weight is 271 g/mol. The maximum Gasteiger partial charge on any atom is 0.261 e. The number of hydrogen-bond acceptors (Lipinski definition) is 5. The lowest BCUT2D eigenvalue weighted by molar-refractivity contribution is 0.00330. The molecule has 0 saturated carbocycles. The van der Waals surface area contributed by atoms with E-state index < -0.39 is 19.1 Å². The van der Waals surface area contributed by atoms with Crippen LogP contribution in [0.3, 0.4) is 0 Å². The summed E-state index contributed by atoms with van der Waals surface area (Å²) < 4.78 is 38.3. The average Bonchev–Trinajstić information content (AvgIpc) is 2.33. The van der Waals surface area contributed by atoms with Crippen molar-refractivity contribution in [1.82, 2.24) is 5.32 Å². The summed E-state index contributed by atoms with van der Waals surface area (Å²) in [4.78, 5) is 0. The van der Waals surface area contributed by atoms with Crippen molar-refractivity contribution in [2.24, 2.45) is 0 Å². The van der Waals surface area contributed by atoms with Gasteiger partial charge in [0.1, 0.15) is 6.61 Å². The molecule has 0 amide bonds. The molecule has 5 nitrogen and oxygen atoms in total. The Morgan fingerprint density at radius 1 is 1.06 bits per heavy atom. The van der Waals surface area contributed by atoms with Gasteiger partial charge >= 0.3 is 0 Å². The van der Waals surface area contributed by atoms with Gasteiger partial charge in [-0.05, 0) is 6.92 Å². The molecule has 0 aromatic carbocycles. The first-order valence-corrected chi connectivity index (χ1v) is 6.07. The van der Waals surface area contributed by atoms with E-state index in [-0.39, 0.29) is 13.2 Å². The molecule has 0 aromatic rings. The molecule has 18 heavy (non-hydrogen) atoms. The number of ether oxygens (including phenoxy) is 3. The van der Waals surface area contributed by atoms with Crippen LogP contribution in [0.25, 0.3) is 0 Å². The van der Waals surface area contributed by atoms with E-state index in [1.165, 1.54) is 0 Å². The van der Waals surface area contributed by atoms with Crippen molar-refractivity contribution >= 4 is 0 Å². The predicted octanol–water partition coefficient (Wildman–Crippen LogP) is 0.272. The minimum absolute atomic E-state index is 0.197. The number of nitrogens with one attached hydrogen (secondary N) is 1. The molecule has 0 rings (SSSR count). The molecule has 0 aliphatic rings. The SMILES string of the molecule is CCOCCOCC(O)CNCCOCC(F)F. The zero-order chi connectivity index (χ0) is 13.6. The lowest BCUT2D eigenvalue weighted by Crippen LogP contribution is -2.33. The van der Waals surface area contributed by atoms with Crippen LogP contribution in [0.2, 0.25) is 0 Å². The fourth-order valence-electron chi connectivity index (χ4n) is 1.13. The Labute approximate surface area is 106 Å². The van der Waals surface area contributed by atoms with Crippen LogP contribution in [-0.2, 0) is 14.2 Å². The van der Waals surface area contributed by atoms with Crippen LogP contribution in [-0.4, -0.2) is 70.4 Å². The lowest BCUT2D eigenvalue weighted by Gasteiger charge is -2.12. The highest BCUT2D eigenvalue weighted by atomic mass is 19.3. The van der Waals surface area contributed by atoms with Crippen LogP contribution in [0.5, 0.6) is 0 Å². The molecular weight excluding hydrogens is 248 g/mol. The topological polar surface area (TPSA) is 60.0 Å². The Balaban J connectivity index is 3.14. The molecular formula is C11H23F2NO4. The number of hydrogen-bond donors (Lipinski definition) is 2. The Hall–Kier alpha value is -0.340. The molecule has 0 aliphatic carbocycles. The third-order valence-corrected chi connectivity index (χ3v) is 1.93. The third-order valence-electron chi connectivity index (χ3n) is 1.93. The van der Waals surface area contributed by atoms with E-state index in [0.29, 0.717) is 32.9 Å². The first-order valence-electron chi connectivity index (χ1n) is 6.07. The maximum atomic E-state index is 11.7. The van der Waals surface area contributed by atoms with Crippen LogP contribution < -0.4 is 5.32 Å². The second-order valence-electron chi connectivity index (χ2n) is 3.60. The van der Waals surface area contributed by atoms with E-state index >= 15 is 0 Å². The lowest BCUT2D eigenvalue weighted by atomic mass is 10.4. The number of halogens is 2. The zero-order valence-electron chi connectivity index (χ0n) is 10.7. The smallest absolute Gasteiger partial charge is 0.261 e. The Kier molecular flexibility index (Phi) is 12.9. The van der Waals surface area contributed by atoms with Crippen molar-refractivity contribution < 1.29 is 28.1 Å².